The van der Waals surface area contributed by atoms with Crippen molar-refractivity contribution in [2.75, 3.05) is 6.54 Å². The van der Waals surface area contributed by atoms with E-state index in [-0.39, 0.29) is 23.3 Å². The fourth-order valence-corrected chi connectivity index (χ4v) is 4.08. The number of halogens is 2. The molecule has 1 unspecified atom stereocenters. The Hall–Kier alpha value is -0.140. The maximum Gasteiger partial charge on any atom is 0.241 e. The van der Waals surface area contributed by atoms with Crippen LogP contribution >= 0.6 is 28.3 Å². The molecule has 7 heteroatoms. The number of nitrogens with one attached hydrogen (secondary N) is 1. The maximum atomic E-state index is 12.2. The smallest absolute Gasteiger partial charge is 0.241 e. The summed E-state index contributed by atoms with van der Waals surface area (Å²) in [5.74, 6) is 0.400. The summed E-state index contributed by atoms with van der Waals surface area (Å²) in [6, 6.07) is 6.63. The summed E-state index contributed by atoms with van der Waals surface area (Å²) in [6.45, 7) is 0.342. The molecule has 1 fully saturated rings. The molecular weight excluding hydrogens is 340 g/mol. The zero-order chi connectivity index (χ0) is 12.5. The summed E-state index contributed by atoms with van der Waals surface area (Å²) in [7, 11) is -3.48. The summed E-state index contributed by atoms with van der Waals surface area (Å²) in [5.41, 5.74) is 5.60. The number of nitrogens with two attached hydrogens (primary N) is 1. The molecule has 18 heavy (non-hydrogen) atoms. The quantitative estimate of drug-likeness (QED) is 0.847. The first kappa shape index (κ1) is 15.9. The number of benzene rings is 1. The summed E-state index contributed by atoms with van der Waals surface area (Å²) < 4.78 is 27.6. The minimum Gasteiger partial charge on any atom is -0.329 e. The highest BCUT2D eigenvalue weighted by molar-refractivity contribution is 9.10. The second kappa shape index (κ2) is 6.34. The highest BCUT2D eigenvalue weighted by atomic mass is 79.9. The molecule has 102 valence electrons. The topological polar surface area (TPSA) is 72.2 Å². The van der Waals surface area contributed by atoms with E-state index in [0.717, 1.165) is 12.8 Å². The van der Waals surface area contributed by atoms with Gasteiger partial charge < -0.3 is 5.73 Å². The third-order valence-corrected chi connectivity index (χ3v) is 5.38. The van der Waals surface area contributed by atoms with E-state index in [1.165, 1.54) is 0 Å². The van der Waals surface area contributed by atoms with E-state index in [2.05, 4.69) is 20.7 Å². The molecule has 1 aromatic carbocycles. The standard InChI is InChI=1S/C11H15BrN2O2S.ClH/c12-9-3-1-2-4-11(9)17(15,16)14-10(7-13)8-5-6-8;/h1-4,8,10,14H,5-7,13H2;1H. The normalized spacial score (nSPS) is 17.0. The molecule has 0 radical (unpaired) electrons. The van der Waals surface area contributed by atoms with Crippen molar-refractivity contribution >= 4 is 38.4 Å². The Kier molecular flexibility index (Phi) is 5.61. The van der Waals surface area contributed by atoms with Crippen molar-refractivity contribution < 1.29 is 8.42 Å². The SMILES string of the molecule is Cl.NCC(NS(=O)(=O)c1ccccc1Br)C1CC1. The van der Waals surface area contributed by atoms with Gasteiger partial charge in [-0.3, -0.25) is 0 Å². The average Bonchev–Trinajstić information content (AvgIpc) is 3.10. The number of hydrogen-bond acceptors (Lipinski definition) is 3. The van der Waals surface area contributed by atoms with Crippen molar-refractivity contribution in [2.24, 2.45) is 11.7 Å². The number of sulfonamides is 1. The Morgan fingerprint density at radius 2 is 2.00 bits per heavy atom. The van der Waals surface area contributed by atoms with Gasteiger partial charge in [-0.05, 0) is 46.8 Å². The predicted octanol–water partition coefficient (Wildman–Crippen LogP) is 1.89. The van der Waals surface area contributed by atoms with Gasteiger partial charge in [-0.2, -0.15) is 0 Å². The van der Waals surface area contributed by atoms with E-state index in [9.17, 15) is 8.42 Å². The second-order valence-electron chi connectivity index (χ2n) is 4.23. The Morgan fingerprint density at radius 3 is 2.50 bits per heavy atom. The van der Waals surface area contributed by atoms with Crippen LogP contribution < -0.4 is 10.5 Å². The third kappa shape index (κ3) is 3.68. The molecule has 0 bridgehead atoms. The van der Waals surface area contributed by atoms with Crippen LogP contribution in [0.25, 0.3) is 0 Å². The zero-order valence-electron chi connectivity index (χ0n) is 9.67. The van der Waals surface area contributed by atoms with Crippen LogP contribution in [0.4, 0.5) is 0 Å². The fourth-order valence-electron chi connectivity index (χ4n) is 1.76. The molecule has 1 atom stereocenters. The van der Waals surface area contributed by atoms with Crippen molar-refractivity contribution in [1.29, 1.82) is 0 Å². The van der Waals surface area contributed by atoms with Crippen LogP contribution in [-0.2, 0) is 10.0 Å². The van der Waals surface area contributed by atoms with E-state index >= 15 is 0 Å². The van der Waals surface area contributed by atoms with E-state index in [0.29, 0.717) is 16.9 Å². The summed E-state index contributed by atoms with van der Waals surface area (Å²) >= 11 is 3.25. The Labute approximate surface area is 122 Å². The molecule has 0 saturated heterocycles. The highest BCUT2D eigenvalue weighted by Crippen LogP contribution is 2.33. The van der Waals surface area contributed by atoms with Crippen LogP contribution in [0, 0.1) is 5.92 Å². The molecule has 1 aliphatic rings. The van der Waals surface area contributed by atoms with Gasteiger partial charge in [0.1, 0.15) is 0 Å². The molecule has 1 saturated carbocycles. The van der Waals surface area contributed by atoms with Crippen LogP contribution in [0.1, 0.15) is 12.8 Å². The minimum atomic E-state index is -3.48. The minimum absolute atomic E-state index is 0. The first-order valence-corrected chi connectivity index (χ1v) is 7.79. The van der Waals surface area contributed by atoms with Gasteiger partial charge in [-0.1, -0.05) is 12.1 Å². The fraction of sp³-hybridized carbons (Fsp3) is 0.455. The maximum absolute atomic E-state index is 12.2. The zero-order valence-corrected chi connectivity index (χ0v) is 12.9. The van der Waals surface area contributed by atoms with E-state index in [4.69, 9.17) is 5.73 Å². The highest BCUT2D eigenvalue weighted by Gasteiger charge is 2.33. The van der Waals surface area contributed by atoms with Crippen LogP contribution in [-0.4, -0.2) is 21.0 Å². The molecule has 2 rings (SSSR count). The van der Waals surface area contributed by atoms with E-state index in [1.54, 1.807) is 24.3 Å². The van der Waals surface area contributed by atoms with Gasteiger partial charge in [0, 0.05) is 17.1 Å². The summed E-state index contributed by atoms with van der Waals surface area (Å²) in [6.07, 6.45) is 2.11. The second-order valence-corrected chi connectivity index (χ2v) is 6.77. The van der Waals surface area contributed by atoms with E-state index < -0.39 is 10.0 Å². The van der Waals surface area contributed by atoms with Crippen molar-refractivity contribution in [2.45, 2.75) is 23.8 Å². The third-order valence-electron chi connectivity index (χ3n) is 2.88. The summed E-state index contributed by atoms with van der Waals surface area (Å²) in [4.78, 5) is 0.263. The molecule has 0 aliphatic heterocycles. The van der Waals surface area contributed by atoms with E-state index in [1.807, 2.05) is 0 Å². The largest absolute Gasteiger partial charge is 0.329 e. The molecule has 1 aliphatic carbocycles. The van der Waals surface area contributed by atoms with Crippen LogP contribution in [0.2, 0.25) is 0 Å². The van der Waals surface area contributed by atoms with Gasteiger partial charge in [-0.15, -0.1) is 12.4 Å². The number of rotatable bonds is 5. The van der Waals surface area contributed by atoms with Crippen molar-refractivity contribution in [3.63, 3.8) is 0 Å². The Morgan fingerprint density at radius 1 is 1.39 bits per heavy atom. The Bertz CT molecular complexity index is 506. The molecule has 0 amide bonds. The molecular formula is C11H16BrClN2O2S. The first-order chi connectivity index (χ1) is 8.04. The van der Waals surface area contributed by atoms with Gasteiger partial charge in [0.2, 0.25) is 10.0 Å². The monoisotopic (exact) mass is 354 g/mol. The van der Waals surface area contributed by atoms with Crippen LogP contribution in [0.15, 0.2) is 33.6 Å². The lowest BCUT2D eigenvalue weighted by molar-refractivity contribution is 0.519. The van der Waals surface area contributed by atoms with Crippen molar-refractivity contribution in [3.8, 4) is 0 Å². The molecule has 1 aromatic rings. The van der Waals surface area contributed by atoms with Crippen molar-refractivity contribution in [3.05, 3.63) is 28.7 Å². The molecule has 4 nitrogen and oxygen atoms in total. The lowest BCUT2D eigenvalue weighted by Gasteiger charge is -2.16. The molecule has 0 aromatic heterocycles. The van der Waals surface area contributed by atoms with Gasteiger partial charge in [0.25, 0.3) is 0 Å². The first-order valence-electron chi connectivity index (χ1n) is 5.51. The lowest BCUT2D eigenvalue weighted by atomic mass is 10.2. The molecule has 0 spiro atoms. The molecule has 0 heterocycles. The molecule has 3 N–H and O–H groups in total. The Balaban J connectivity index is 0.00000162. The van der Waals surface area contributed by atoms with Crippen molar-refractivity contribution in [1.82, 2.24) is 4.72 Å². The van der Waals surface area contributed by atoms with Gasteiger partial charge in [-0.25, -0.2) is 13.1 Å². The van der Waals surface area contributed by atoms with Crippen LogP contribution in [0.3, 0.4) is 0 Å². The van der Waals surface area contributed by atoms with Gasteiger partial charge in [0.05, 0.1) is 4.90 Å². The van der Waals surface area contributed by atoms with Gasteiger partial charge >= 0.3 is 0 Å². The predicted molar refractivity (Wildman–Crippen MR) is 77.3 cm³/mol. The van der Waals surface area contributed by atoms with Gasteiger partial charge in [0.15, 0.2) is 0 Å². The summed E-state index contributed by atoms with van der Waals surface area (Å²) in [5, 5.41) is 0. The van der Waals surface area contributed by atoms with Crippen LogP contribution in [0.5, 0.6) is 0 Å². The lowest BCUT2D eigenvalue weighted by Crippen LogP contribution is -2.41. The number of hydrogen-bond donors (Lipinski definition) is 2. The average molecular weight is 356 g/mol.